The number of halogens is 1. The van der Waals surface area contributed by atoms with Gasteiger partial charge in [-0.1, -0.05) is 52.7 Å². The molecule has 1 unspecified atom stereocenters. The Kier molecular flexibility index (Phi) is 3.95. The third-order valence-corrected chi connectivity index (χ3v) is 4.94. The first kappa shape index (κ1) is 13.8. The van der Waals surface area contributed by atoms with Gasteiger partial charge in [0.15, 0.2) is 0 Å². The van der Waals surface area contributed by atoms with Gasteiger partial charge in [0, 0.05) is 4.47 Å². The lowest BCUT2D eigenvalue weighted by Crippen LogP contribution is -2.14. The molecule has 1 fully saturated rings. The number of nitrogens with two attached hydrogens (primary N) is 1. The van der Waals surface area contributed by atoms with Crippen LogP contribution in [0.15, 0.2) is 46.9 Å². The van der Waals surface area contributed by atoms with Gasteiger partial charge in [0.05, 0.1) is 6.04 Å². The molecule has 104 valence electrons. The molecule has 1 aliphatic rings. The summed E-state index contributed by atoms with van der Waals surface area (Å²) < 4.78 is 1.08. The average Bonchev–Trinajstić information content (AvgIpc) is 2.40. The lowest BCUT2D eigenvalue weighted by Gasteiger charge is -2.26. The van der Waals surface area contributed by atoms with Crippen LogP contribution in [0.2, 0.25) is 0 Å². The van der Waals surface area contributed by atoms with Crippen LogP contribution >= 0.6 is 15.9 Å². The van der Waals surface area contributed by atoms with Crippen LogP contribution in [0, 0.1) is 6.92 Å². The average molecular weight is 330 g/mol. The SMILES string of the molecule is Cc1ccc(Br)cc1C(N)c1ccc(C2CCC2)cc1. The molecular formula is C18H20BrN. The van der Waals surface area contributed by atoms with E-state index in [1.54, 1.807) is 0 Å². The molecule has 0 amide bonds. The Morgan fingerprint density at radius 1 is 1.10 bits per heavy atom. The lowest BCUT2D eigenvalue weighted by molar-refractivity contribution is 0.419. The second-order valence-corrected chi connectivity index (χ2v) is 6.69. The quantitative estimate of drug-likeness (QED) is 0.835. The second-order valence-electron chi connectivity index (χ2n) is 5.77. The summed E-state index contributed by atoms with van der Waals surface area (Å²) in [5, 5.41) is 0. The zero-order chi connectivity index (χ0) is 14.1. The molecule has 1 saturated carbocycles. The third-order valence-electron chi connectivity index (χ3n) is 4.45. The van der Waals surface area contributed by atoms with E-state index in [2.05, 4.69) is 65.3 Å². The van der Waals surface area contributed by atoms with Gasteiger partial charge in [-0.05, 0) is 60.1 Å². The first-order valence-electron chi connectivity index (χ1n) is 7.26. The number of hydrogen-bond donors (Lipinski definition) is 1. The molecule has 2 heteroatoms. The summed E-state index contributed by atoms with van der Waals surface area (Å²) in [6.07, 6.45) is 4.06. The van der Waals surface area contributed by atoms with Crippen molar-refractivity contribution < 1.29 is 0 Å². The van der Waals surface area contributed by atoms with Gasteiger partial charge in [-0.25, -0.2) is 0 Å². The van der Waals surface area contributed by atoms with Gasteiger partial charge in [-0.15, -0.1) is 0 Å². The Bertz CT molecular complexity index is 599. The maximum absolute atomic E-state index is 6.44. The first-order valence-corrected chi connectivity index (χ1v) is 8.06. The number of aryl methyl sites for hydroxylation is 1. The normalized spacial score (nSPS) is 16.8. The highest BCUT2D eigenvalue weighted by atomic mass is 79.9. The van der Waals surface area contributed by atoms with Crippen LogP contribution in [-0.2, 0) is 0 Å². The van der Waals surface area contributed by atoms with Crippen molar-refractivity contribution >= 4 is 15.9 Å². The van der Waals surface area contributed by atoms with Gasteiger partial charge in [0.2, 0.25) is 0 Å². The molecule has 20 heavy (non-hydrogen) atoms. The van der Waals surface area contributed by atoms with E-state index in [4.69, 9.17) is 5.73 Å². The van der Waals surface area contributed by atoms with Crippen molar-refractivity contribution in [1.29, 1.82) is 0 Å². The van der Waals surface area contributed by atoms with Crippen molar-refractivity contribution in [1.82, 2.24) is 0 Å². The third kappa shape index (κ3) is 2.68. The second kappa shape index (κ2) is 5.71. The van der Waals surface area contributed by atoms with E-state index in [0.717, 1.165) is 10.4 Å². The van der Waals surface area contributed by atoms with Crippen molar-refractivity contribution in [2.75, 3.05) is 0 Å². The maximum Gasteiger partial charge on any atom is 0.0554 e. The fraction of sp³-hybridized carbons (Fsp3) is 0.333. The Labute approximate surface area is 129 Å². The zero-order valence-corrected chi connectivity index (χ0v) is 13.4. The van der Waals surface area contributed by atoms with Gasteiger partial charge in [-0.3, -0.25) is 0 Å². The molecule has 2 aromatic rings. The van der Waals surface area contributed by atoms with E-state index in [1.165, 1.54) is 41.5 Å². The smallest absolute Gasteiger partial charge is 0.0554 e. The highest BCUT2D eigenvalue weighted by Gasteiger charge is 2.19. The predicted octanol–water partition coefficient (Wildman–Crippen LogP) is 5.07. The van der Waals surface area contributed by atoms with Crippen LogP contribution < -0.4 is 5.73 Å². The minimum Gasteiger partial charge on any atom is -0.320 e. The molecule has 0 aromatic heterocycles. The Hall–Kier alpha value is -1.12. The zero-order valence-electron chi connectivity index (χ0n) is 11.8. The van der Waals surface area contributed by atoms with E-state index in [9.17, 15) is 0 Å². The standard InChI is InChI=1S/C18H20BrN/c1-12-5-10-16(19)11-17(12)18(20)15-8-6-14(7-9-15)13-3-2-4-13/h5-11,13,18H,2-4,20H2,1H3. The van der Waals surface area contributed by atoms with Crippen LogP contribution in [0.25, 0.3) is 0 Å². The van der Waals surface area contributed by atoms with E-state index >= 15 is 0 Å². The van der Waals surface area contributed by atoms with E-state index < -0.39 is 0 Å². The first-order chi connectivity index (χ1) is 9.65. The van der Waals surface area contributed by atoms with Crippen LogP contribution in [0.5, 0.6) is 0 Å². The van der Waals surface area contributed by atoms with Crippen LogP contribution in [0.1, 0.15) is 53.5 Å². The summed E-state index contributed by atoms with van der Waals surface area (Å²) in [6, 6.07) is 15.1. The van der Waals surface area contributed by atoms with Crippen LogP contribution in [0.4, 0.5) is 0 Å². The van der Waals surface area contributed by atoms with Crippen LogP contribution in [-0.4, -0.2) is 0 Å². The minimum atomic E-state index is -0.0528. The maximum atomic E-state index is 6.44. The summed E-state index contributed by atoms with van der Waals surface area (Å²) >= 11 is 3.53. The predicted molar refractivity (Wildman–Crippen MR) is 87.9 cm³/mol. The highest BCUT2D eigenvalue weighted by molar-refractivity contribution is 9.10. The minimum absolute atomic E-state index is 0.0528. The molecule has 1 aliphatic carbocycles. The Morgan fingerprint density at radius 2 is 1.80 bits per heavy atom. The molecule has 3 rings (SSSR count). The summed E-state index contributed by atoms with van der Waals surface area (Å²) in [7, 11) is 0. The molecule has 1 atom stereocenters. The van der Waals surface area contributed by atoms with Gasteiger partial charge in [-0.2, -0.15) is 0 Å². The molecule has 2 aromatic carbocycles. The number of hydrogen-bond acceptors (Lipinski definition) is 1. The molecular weight excluding hydrogens is 310 g/mol. The van der Waals surface area contributed by atoms with Crippen molar-refractivity contribution in [3.05, 3.63) is 69.2 Å². The van der Waals surface area contributed by atoms with Gasteiger partial charge < -0.3 is 5.73 Å². The Balaban J connectivity index is 1.85. The molecule has 2 N–H and O–H groups in total. The lowest BCUT2D eigenvalue weighted by atomic mass is 9.79. The molecule has 0 bridgehead atoms. The van der Waals surface area contributed by atoms with Gasteiger partial charge >= 0.3 is 0 Å². The van der Waals surface area contributed by atoms with E-state index in [1.807, 2.05) is 0 Å². The number of rotatable bonds is 3. The molecule has 1 nitrogen and oxygen atoms in total. The van der Waals surface area contributed by atoms with Gasteiger partial charge in [0.25, 0.3) is 0 Å². The molecule has 0 radical (unpaired) electrons. The fourth-order valence-electron chi connectivity index (χ4n) is 2.84. The molecule has 0 aliphatic heterocycles. The summed E-state index contributed by atoms with van der Waals surface area (Å²) in [6.45, 7) is 2.12. The van der Waals surface area contributed by atoms with Crippen molar-refractivity contribution in [3.63, 3.8) is 0 Å². The molecule has 0 heterocycles. The van der Waals surface area contributed by atoms with Crippen molar-refractivity contribution in [2.24, 2.45) is 5.73 Å². The van der Waals surface area contributed by atoms with Crippen molar-refractivity contribution in [3.8, 4) is 0 Å². The van der Waals surface area contributed by atoms with Crippen molar-refractivity contribution in [2.45, 2.75) is 38.1 Å². The monoisotopic (exact) mass is 329 g/mol. The molecule has 0 saturated heterocycles. The topological polar surface area (TPSA) is 26.0 Å². The molecule has 0 spiro atoms. The fourth-order valence-corrected chi connectivity index (χ4v) is 3.22. The number of benzene rings is 2. The highest BCUT2D eigenvalue weighted by Crippen LogP contribution is 2.36. The summed E-state index contributed by atoms with van der Waals surface area (Å²) in [5.41, 5.74) is 11.5. The summed E-state index contributed by atoms with van der Waals surface area (Å²) in [4.78, 5) is 0. The largest absolute Gasteiger partial charge is 0.320 e. The van der Waals surface area contributed by atoms with E-state index in [-0.39, 0.29) is 6.04 Å². The Morgan fingerprint density at radius 3 is 2.40 bits per heavy atom. The summed E-state index contributed by atoms with van der Waals surface area (Å²) in [5.74, 6) is 0.785. The van der Waals surface area contributed by atoms with Gasteiger partial charge in [0.1, 0.15) is 0 Å². The van der Waals surface area contributed by atoms with E-state index in [0.29, 0.717) is 0 Å². The van der Waals surface area contributed by atoms with Crippen LogP contribution in [0.3, 0.4) is 0 Å².